The van der Waals surface area contributed by atoms with Crippen molar-refractivity contribution in [2.75, 3.05) is 20.8 Å². The highest BCUT2D eigenvalue weighted by Crippen LogP contribution is 2.41. The predicted molar refractivity (Wildman–Crippen MR) is 64.1 cm³/mol. The maximum atomic E-state index is 5.45. The molecule has 3 nitrogen and oxygen atoms in total. The standard InChI is InChI=1S/C13H19NO2/c1-13(8-5-9-14-13)12-10(15-2)6-4-7-11(12)16-3/h4,6-7,14H,5,8-9H2,1-3H3. The lowest BCUT2D eigenvalue weighted by atomic mass is 9.89. The molecule has 0 bridgehead atoms. The van der Waals surface area contributed by atoms with E-state index in [1.54, 1.807) is 14.2 Å². The Bertz CT molecular complexity index is 348. The molecule has 0 amide bonds. The van der Waals surface area contributed by atoms with Gasteiger partial charge < -0.3 is 14.8 Å². The fraction of sp³-hybridized carbons (Fsp3) is 0.538. The molecule has 1 aromatic rings. The average molecular weight is 221 g/mol. The van der Waals surface area contributed by atoms with Crippen molar-refractivity contribution >= 4 is 0 Å². The van der Waals surface area contributed by atoms with Crippen LogP contribution in [0.4, 0.5) is 0 Å². The number of hydrogen-bond acceptors (Lipinski definition) is 3. The van der Waals surface area contributed by atoms with Crippen molar-refractivity contribution in [1.29, 1.82) is 0 Å². The van der Waals surface area contributed by atoms with E-state index in [9.17, 15) is 0 Å². The maximum absolute atomic E-state index is 5.45. The van der Waals surface area contributed by atoms with Crippen LogP contribution in [0.5, 0.6) is 11.5 Å². The minimum Gasteiger partial charge on any atom is -0.496 e. The van der Waals surface area contributed by atoms with Crippen LogP contribution in [0, 0.1) is 0 Å². The summed E-state index contributed by atoms with van der Waals surface area (Å²) in [7, 11) is 3.41. The van der Waals surface area contributed by atoms with Crippen molar-refractivity contribution in [2.24, 2.45) is 0 Å². The summed E-state index contributed by atoms with van der Waals surface area (Å²) in [5, 5.41) is 3.54. The molecule has 88 valence electrons. The number of hydrogen-bond donors (Lipinski definition) is 1. The Hall–Kier alpha value is -1.22. The molecule has 0 aliphatic carbocycles. The molecule has 2 rings (SSSR count). The van der Waals surface area contributed by atoms with Crippen LogP contribution in [-0.4, -0.2) is 20.8 Å². The number of methoxy groups -OCH3 is 2. The second kappa shape index (κ2) is 4.34. The number of ether oxygens (including phenoxy) is 2. The first-order valence-electron chi connectivity index (χ1n) is 5.68. The zero-order valence-electron chi connectivity index (χ0n) is 10.2. The predicted octanol–water partition coefficient (Wildman–Crippen LogP) is 2.30. The van der Waals surface area contributed by atoms with Crippen LogP contribution in [0.25, 0.3) is 0 Å². The van der Waals surface area contributed by atoms with Gasteiger partial charge in [0.1, 0.15) is 11.5 Å². The fourth-order valence-corrected chi connectivity index (χ4v) is 2.50. The van der Waals surface area contributed by atoms with Crippen LogP contribution in [0.1, 0.15) is 25.3 Å². The first kappa shape index (κ1) is 11.3. The zero-order valence-corrected chi connectivity index (χ0v) is 10.2. The summed E-state index contributed by atoms with van der Waals surface area (Å²) in [5.41, 5.74) is 1.11. The summed E-state index contributed by atoms with van der Waals surface area (Å²) in [4.78, 5) is 0. The molecule has 0 saturated carbocycles. The molecule has 3 heteroatoms. The molecule has 0 spiro atoms. The van der Waals surface area contributed by atoms with Gasteiger partial charge in [-0.2, -0.15) is 0 Å². The molecule has 1 atom stereocenters. The molecule has 0 radical (unpaired) electrons. The third-order valence-electron chi connectivity index (χ3n) is 3.35. The summed E-state index contributed by atoms with van der Waals surface area (Å²) in [6, 6.07) is 5.94. The van der Waals surface area contributed by atoms with E-state index in [1.807, 2.05) is 18.2 Å². The Labute approximate surface area is 96.8 Å². The van der Waals surface area contributed by atoms with Crippen molar-refractivity contribution in [3.05, 3.63) is 23.8 Å². The Morgan fingerprint density at radius 2 is 1.81 bits per heavy atom. The fourth-order valence-electron chi connectivity index (χ4n) is 2.50. The van der Waals surface area contributed by atoms with E-state index in [2.05, 4.69) is 12.2 Å². The van der Waals surface area contributed by atoms with E-state index in [4.69, 9.17) is 9.47 Å². The van der Waals surface area contributed by atoms with Gasteiger partial charge in [0.2, 0.25) is 0 Å². The normalized spacial score (nSPS) is 24.4. The van der Waals surface area contributed by atoms with E-state index in [1.165, 1.54) is 6.42 Å². The Balaban J connectivity index is 2.51. The second-order valence-electron chi connectivity index (χ2n) is 4.40. The van der Waals surface area contributed by atoms with E-state index in [0.717, 1.165) is 30.0 Å². The van der Waals surface area contributed by atoms with Crippen LogP contribution in [0.15, 0.2) is 18.2 Å². The van der Waals surface area contributed by atoms with Crippen molar-refractivity contribution in [3.63, 3.8) is 0 Å². The smallest absolute Gasteiger partial charge is 0.127 e. The number of rotatable bonds is 3. The van der Waals surface area contributed by atoms with Crippen molar-refractivity contribution < 1.29 is 9.47 Å². The van der Waals surface area contributed by atoms with Gasteiger partial charge in [0, 0.05) is 5.54 Å². The second-order valence-corrected chi connectivity index (χ2v) is 4.40. The van der Waals surface area contributed by atoms with Crippen LogP contribution in [0.2, 0.25) is 0 Å². The molecule has 1 unspecified atom stereocenters. The molecular formula is C13H19NO2. The quantitative estimate of drug-likeness (QED) is 0.849. The van der Waals surface area contributed by atoms with Gasteiger partial charge >= 0.3 is 0 Å². The first-order chi connectivity index (χ1) is 7.71. The van der Waals surface area contributed by atoms with Crippen molar-refractivity contribution in [3.8, 4) is 11.5 Å². The molecule has 1 saturated heterocycles. The summed E-state index contributed by atoms with van der Waals surface area (Å²) in [6.07, 6.45) is 2.31. The highest BCUT2D eigenvalue weighted by molar-refractivity contribution is 5.49. The van der Waals surface area contributed by atoms with E-state index in [-0.39, 0.29) is 5.54 Å². The van der Waals surface area contributed by atoms with Crippen molar-refractivity contribution in [1.82, 2.24) is 5.32 Å². The Kier molecular flexibility index (Phi) is 3.06. The molecule has 1 N–H and O–H groups in total. The summed E-state index contributed by atoms with van der Waals surface area (Å²) in [5.74, 6) is 1.80. The van der Waals surface area contributed by atoms with Gasteiger partial charge in [-0.25, -0.2) is 0 Å². The van der Waals surface area contributed by atoms with Gasteiger partial charge in [-0.3, -0.25) is 0 Å². The number of nitrogens with one attached hydrogen (secondary N) is 1. The molecule has 1 aliphatic rings. The molecular weight excluding hydrogens is 202 g/mol. The van der Waals surface area contributed by atoms with Gasteiger partial charge in [-0.05, 0) is 38.4 Å². The lowest BCUT2D eigenvalue weighted by Gasteiger charge is -2.28. The SMILES string of the molecule is COc1cccc(OC)c1C1(C)CCCN1. The Morgan fingerprint density at radius 3 is 2.25 bits per heavy atom. The van der Waals surface area contributed by atoms with E-state index < -0.39 is 0 Å². The van der Waals surface area contributed by atoms with Crippen LogP contribution < -0.4 is 14.8 Å². The third kappa shape index (κ3) is 1.76. The highest BCUT2D eigenvalue weighted by atomic mass is 16.5. The lowest BCUT2D eigenvalue weighted by Crippen LogP contribution is -2.34. The molecule has 0 aromatic heterocycles. The van der Waals surface area contributed by atoms with Gasteiger partial charge in [0.15, 0.2) is 0 Å². The van der Waals surface area contributed by atoms with E-state index >= 15 is 0 Å². The topological polar surface area (TPSA) is 30.5 Å². The van der Waals surface area contributed by atoms with E-state index in [0.29, 0.717) is 0 Å². The number of benzene rings is 1. The minimum atomic E-state index is -0.0298. The van der Waals surface area contributed by atoms with Gasteiger partial charge in [-0.1, -0.05) is 6.07 Å². The minimum absolute atomic E-state index is 0.0298. The molecule has 16 heavy (non-hydrogen) atoms. The molecule has 1 aliphatic heterocycles. The van der Waals surface area contributed by atoms with Gasteiger partial charge in [0.05, 0.1) is 19.8 Å². The zero-order chi connectivity index (χ0) is 11.6. The summed E-state index contributed by atoms with van der Waals surface area (Å²) < 4.78 is 10.9. The van der Waals surface area contributed by atoms with Gasteiger partial charge in [0.25, 0.3) is 0 Å². The largest absolute Gasteiger partial charge is 0.496 e. The monoisotopic (exact) mass is 221 g/mol. The molecule has 1 heterocycles. The van der Waals surface area contributed by atoms with Crippen LogP contribution in [-0.2, 0) is 5.54 Å². The van der Waals surface area contributed by atoms with Crippen LogP contribution >= 0.6 is 0 Å². The maximum Gasteiger partial charge on any atom is 0.127 e. The summed E-state index contributed by atoms with van der Waals surface area (Å²) >= 11 is 0. The average Bonchev–Trinajstić information content (AvgIpc) is 2.76. The lowest BCUT2D eigenvalue weighted by molar-refractivity contribution is 0.341. The molecule has 1 aromatic carbocycles. The summed E-state index contributed by atoms with van der Waals surface area (Å²) in [6.45, 7) is 3.26. The highest BCUT2D eigenvalue weighted by Gasteiger charge is 2.35. The third-order valence-corrected chi connectivity index (χ3v) is 3.35. The Morgan fingerprint density at radius 1 is 1.19 bits per heavy atom. The van der Waals surface area contributed by atoms with Crippen molar-refractivity contribution in [2.45, 2.75) is 25.3 Å². The molecule has 1 fully saturated rings. The first-order valence-corrected chi connectivity index (χ1v) is 5.68. The van der Waals surface area contributed by atoms with Gasteiger partial charge in [-0.15, -0.1) is 0 Å². The van der Waals surface area contributed by atoms with Crippen LogP contribution in [0.3, 0.4) is 0 Å².